The predicted molar refractivity (Wildman–Crippen MR) is 86.3 cm³/mol. The van der Waals surface area contributed by atoms with Crippen LogP contribution >= 0.6 is 0 Å². The topological polar surface area (TPSA) is 75.6 Å². The van der Waals surface area contributed by atoms with Gasteiger partial charge in [0, 0.05) is 6.08 Å². The van der Waals surface area contributed by atoms with Crippen LogP contribution in [0.1, 0.15) is 16.7 Å². The first-order valence-electron chi connectivity index (χ1n) is 7.06. The summed E-state index contributed by atoms with van der Waals surface area (Å²) in [7, 11) is 0. The van der Waals surface area contributed by atoms with E-state index in [0.717, 1.165) is 16.7 Å². The lowest BCUT2D eigenvalue weighted by atomic mass is 10.1. The Bertz CT molecular complexity index is 723. The van der Waals surface area contributed by atoms with Crippen LogP contribution in [0, 0.1) is 6.92 Å². The van der Waals surface area contributed by atoms with Crippen molar-refractivity contribution in [3.05, 3.63) is 71.3 Å². The summed E-state index contributed by atoms with van der Waals surface area (Å²) in [5.41, 5.74) is 4.50. The lowest BCUT2D eigenvalue weighted by molar-refractivity contribution is -0.153. The summed E-state index contributed by atoms with van der Waals surface area (Å²) in [5.74, 6) is -0.964. The number of aromatic hydroxyl groups is 1. The van der Waals surface area contributed by atoms with Crippen molar-refractivity contribution in [2.75, 3.05) is 0 Å². The van der Waals surface area contributed by atoms with Gasteiger partial charge in [0.15, 0.2) is 0 Å². The number of carbonyl (C=O) groups excluding carboxylic acids is 2. The normalized spacial score (nSPS) is 10.5. The van der Waals surface area contributed by atoms with Gasteiger partial charge in [-0.25, -0.2) is 4.79 Å². The molecule has 0 aromatic heterocycles. The number of rotatable bonds is 4. The number of hydrogen-bond acceptors (Lipinski definition) is 4. The number of phenolic OH excluding ortho intramolecular Hbond substituents is 1. The van der Waals surface area contributed by atoms with Crippen LogP contribution in [0.15, 0.2) is 54.6 Å². The Morgan fingerprint density at radius 2 is 1.91 bits per heavy atom. The van der Waals surface area contributed by atoms with E-state index >= 15 is 0 Å². The highest BCUT2D eigenvalue weighted by atomic mass is 16.7. The molecule has 0 aliphatic rings. The van der Waals surface area contributed by atoms with Crippen molar-refractivity contribution in [2.24, 2.45) is 0 Å². The molecular formula is C18H17NO4. The van der Waals surface area contributed by atoms with Gasteiger partial charge in [-0.2, -0.15) is 5.48 Å². The molecule has 1 amide bonds. The van der Waals surface area contributed by atoms with Crippen molar-refractivity contribution in [3.63, 3.8) is 0 Å². The van der Waals surface area contributed by atoms with Gasteiger partial charge in [-0.3, -0.25) is 4.79 Å². The molecule has 2 N–H and O–H groups in total. The van der Waals surface area contributed by atoms with E-state index < -0.39 is 11.9 Å². The molecule has 5 heteroatoms. The maximum atomic E-state index is 11.8. The molecule has 0 saturated carbocycles. The number of amides is 1. The Balaban J connectivity index is 1.82. The molecular weight excluding hydrogens is 294 g/mol. The third-order valence-electron chi connectivity index (χ3n) is 3.15. The first-order valence-corrected chi connectivity index (χ1v) is 7.06. The fourth-order valence-electron chi connectivity index (χ4n) is 1.96. The van der Waals surface area contributed by atoms with Crippen molar-refractivity contribution >= 4 is 18.0 Å². The molecule has 0 atom stereocenters. The number of benzene rings is 2. The quantitative estimate of drug-likeness (QED) is 0.672. The molecule has 0 unspecified atom stereocenters. The summed E-state index contributed by atoms with van der Waals surface area (Å²) >= 11 is 0. The van der Waals surface area contributed by atoms with E-state index in [2.05, 4.69) is 10.3 Å². The van der Waals surface area contributed by atoms with Crippen LogP contribution in [-0.2, 0) is 20.8 Å². The molecule has 0 saturated heterocycles. The number of aryl methyl sites for hydroxylation is 1. The molecule has 118 valence electrons. The lowest BCUT2D eigenvalue weighted by Gasteiger charge is -2.07. The number of phenols is 1. The van der Waals surface area contributed by atoms with E-state index in [1.165, 1.54) is 12.1 Å². The van der Waals surface area contributed by atoms with Gasteiger partial charge in [-0.05, 0) is 41.8 Å². The summed E-state index contributed by atoms with van der Waals surface area (Å²) in [6.45, 7) is 1.79. The third-order valence-corrected chi connectivity index (χ3v) is 3.15. The summed E-state index contributed by atoms with van der Waals surface area (Å²) in [4.78, 5) is 28.0. The van der Waals surface area contributed by atoms with Crippen molar-refractivity contribution in [2.45, 2.75) is 13.3 Å². The molecule has 2 aromatic carbocycles. The molecule has 2 rings (SSSR count). The molecule has 0 aliphatic heterocycles. The molecule has 2 aromatic rings. The Morgan fingerprint density at radius 1 is 1.17 bits per heavy atom. The Kier molecular flexibility index (Phi) is 5.52. The fourth-order valence-corrected chi connectivity index (χ4v) is 1.96. The summed E-state index contributed by atoms with van der Waals surface area (Å²) in [6, 6.07) is 14.0. The maximum absolute atomic E-state index is 11.8. The standard InChI is InChI=1S/C18H17NO4/c1-13-11-16(20)9-8-15(13)12-17(21)19-23-18(22)10-7-14-5-3-2-4-6-14/h2-11,20H,12H2,1H3,(H,19,21)/b10-7+. The number of hydrogen-bond donors (Lipinski definition) is 2. The fraction of sp³-hybridized carbons (Fsp3) is 0.111. The predicted octanol–water partition coefficient (Wildman–Crippen LogP) is 2.53. The molecule has 0 spiro atoms. The van der Waals surface area contributed by atoms with Gasteiger partial charge in [-0.15, -0.1) is 0 Å². The molecule has 23 heavy (non-hydrogen) atoms. The molecule has 0 bridgehead atoms. The second-order valence-corrected chi connectivity index (χ2v) is 4.98. The van der Waals surface area contributed by atoms with Crippen LogP contribution in [0.4, 0.5) is 0 Å². The Hall–Kier alpha value is -3.08. The zero-order valence-corrected chi connectivity index (χ0v) is 12.7. The van der Waals surface area contributed by atoms with E-state index in [-0.39, 0.29) is 12.2 Å². The van der Waals surface area contributed by atoms with Crippen LogP contribution in [0.25, 0.3) is 6.08 Å². The van der Waals surface area contributed by atoms with E-state index in [4.69, 9.17) is 0 Å². The van der Waals surface area contributed by atoms with Gasteiger partial charge in [0.1, 0.15) is 5.75 Å². The van der Waals surface area contributed by atoms with Gasteiger partial charge in [0.2, 0.25) is 0 Å². The minimum absolute atomic E-state index is 0.0573. The minimum Gasteiger partial charge on any atom is -0.508 e. The average Bonchev–Trinajstić information content (AvgIpc) is 2.54. The van der Waals surface area contributed by atoms with Crippen molar-refractivity contribution in [1.82, 2.24) is 5.48 Å². The number of nitrogens with one attached hydrogen (secondary N) is 1. The van der Waals surface area contributed by atoms with Crippen molar-refractivity contribution in [1.29, 1.82) is 0 Å². The Labute approximate surface area is 134 Å². The zero-order valence-electron chi connectivity index (χ0n) is 12.7. The second kappa shape index (κ2) is 7.79. The van der Waals surface area contributed by atoms with E-state index in [1.807, 2.05) is 30.3 Å². The zero-order chi connectivity index (χ0) is 16.7. The summed E-state index contributed by atoms with van der Waals surface area (Å²) in [6.07, 6.45) is 2.89. The molecule has 0 fully saturated rings. The highest BCUT2D eigenvalue weighted by Crippen LogP contribution is 2.15. The van der Waals surface area contributed by atoms with E-state index in [0.29, 0.717) is 0 Å². The molecule has 0 radical (unpaired) electrons. The number of hydroxylamine groups is 1. The minimum atomic E-state index is -0.662. The highest BCUT2D eigenvalue weighted by Gasteiger charge is 2.08. The van der Waals surface area contributed by atoms with Gasteiger partial charge >= 0.3 is 5.97 Å². The van der Waals surface area contributed by atoms with Gasteiger partial charge in [-0.1, -0.05) is 36.4 Å². The number of carbonyl (C=O) groups is 2. The van der Waals surface area contributed by atoms with Gasteiger partial charge < -0.3 is 9.94 Å². The monoisotopic (exact) mass is 311 g/mol. The Morgan fingerprint density at radius 3 is 2.61 bits per heavy atom. The van der Waals surface area contributed by atoms with Crippen LogP contribution < -0.4 is 5.48 Å². The van der Waals surface area contributed by atoms with Gasteiger partial charge in [0.25, 0.3) is 5.91 Å². The van der Waals surface area contributed by atoms with Crippen LogP contribution in [0.3, 0.4) is 0 Å². The second-order valence-electron chi connectivity index (χ2n) is 4.98. The van der Waals surface area contributed by atoms with E-state index in [1.54, 1.807) is 25.1 Å². The first kappa shape index (κ1) is 16.3. The third kappa shape index (κ3) is 5.32. The largest absolute Gasteiger partial charge is 0.508 e. The van der Waals surface area contributed by atoms with Crippen molar-refractivity contribution in [3.8, 4) is 5.75 Å². The first-order chi connectivity index (χ1) is 11.0. The summed E-state index contributed by atoms with van der Waals surface area (Å²) in [5, 5.41) is 9.32. The molecule has 5 nitrogen and oxygen atoms in total. The van der Waals surface area contributed by atoms with Gasteiger partial charge in [0.05, 0.1) is 6.42 Å². The van der Waals surface area contributed by atoms with E-state index in [9.17, 15) is 14.7 Å². The molecule has 0 heterocycles. The SMILES string of the molecule is Cc1cc(O)ccc1CC(=O)NOC(=O)/C=C/c1ccccc1. The average molecular weight is 311 g/mol. The van der Waals surface area contributed by atoms with Crippen molar-refractivity contribution < 1.29 is 19.5 Å². The smallest absolute Gasteiger partial charge is 0.355 e. The van der Waals surface area contributed by atoms with Crippen LogP contribution in [-0.4, -0.2) is 17.0 Å². The lowest BCUT2D eigenvalue weighted by Crippen LogP contribution is -2.27. The molecule has 0 aliphatic carbocycles. The summed E-state index contributed by atoms with van der Waals surface area (Å²) < 4.78 is 0. The maximum Gasteiger partial charge on any atom is 0.355 e. The highest BCUT2D eigenvalue weighted by molar-refractivity contribution is 5.88. The van der Waals surface area contributed by atoms with Crippen LogP contribution in [0.2, 0.25) is 0 Å². The van der Waals surface area contributed by atoms with Crippen LogP contribution in [0.5, 0.6) is 5.75 Å².